The zero-order valence-electron chi connectivity index (χ0n) is 14.6. The molecule has 0 bridgehead atoms. The normalized spacial score (nSPS) is 19.3. The van der Waals surface area contributed by atoms with Crippen molar-refractivity contribution in [1.82, 2.24) is 9.21 Å². The molecule has 0 atom stereocenters. The Hall–Kier alpha value is -0.870. The molecule has 1 aliphatic carbocycles. The lowest BCUT2D eigenvalue weighted by Gasteiger charge is -2.25. The van der Waals surface area contributed by atoms with E-state index in [1.54, 1.807) is 16.4 Å². The van der Waals surface area contributed by atoms with E-state index in [1.165, 1.54) is 12.8 Å². The molecule has 1 aliphatic heterocycles. The van der Waals surface area contributed by atoms with Crippen LogP contribution < -0.4 is 5.73 Å². The summed E-state index contributed by atoms with van der Waals surface area (Å²) in [6.45, 7) is 1.71. The van der Waals surface area contributed by atoms with Crippen molar-refractivity contribution in [3.63, 3.8) is 0 Å². The van der Waals surface area contributed by atoms with E-state index in [9.17, 15) is 8.42 Å². The quantitative estimate of drug-likeness (QED) is 0.401. The van der Waals surface area contributed by atoms with E-state index in [2.05, 4.69) is 4.99 Å². The molecule has 0 amide bonds. The third-order valence-electron chi connectivity index (χ3n) is 4.76. The Kier molecular flexibility index (Phi) is 7.10. The van der Waals surface area contributed by atoms with Gasteiger partial charge in [-0.05, 0) is 43.4 Å². The van der Waals surface area contributed by atoms with Crippen molar-refractivity contribution in [2.75, 3.05) is 20.1 Å². The van der Waals surface area contributed by atoms with Gasteiger partial charge in [-0.3, -0.25) is 0 Å². The van der Waals surface area contributed by atoms with Crippen LogP contribution in [0.2, 0.25) is 0 Å². The van der Waals surface area contributed by atoms with E-state index >= 15 is 0 Å². The van der Waals surface area contributed by atoms with Crippen molar-refractivity contribution in [2.45, 2.75) is 49.6 Å². The molecular weight excluding hydrogens is 451 g/mol. The first-order valence-electron chi connectivity index (χ1n) is 8.60. The highest BCUT2D eigenvalue weighted by Crippen LogP contribution is 2.25. The van der Waals surface area contributed by atoms with Crippen LogP contribution in [0.15, 0.2) is 34.2 Å². The molecule has 0 aromatic heterocycles. The average molecular weight is 478 g/mol. The number of benzene rings is 1. The van der Waals surface area contributed by atoms with Gasteiger partial charge in [0.25, 0.3) is 0 Å². The first-order valence-corrected chi connectivity index (χ1v) is 10.0. The first-order chi connectivity index (χ1) is 11.5. The van der Waals surface area contributed by atoms with Crippen LogP contribution >= 0.6 is 24.0 Å². The van der Waals surface area contributed by atoms with Gasteiger partial charge in [0.05, 0.1) is 11.4 Å². The summed E-state index contributed by atoms with van der Waals surface area (Å²) in [5.74, 6) is 0.544. The van der Waals surface area contributed by atoms with Gasteiger partial charge in [0.2, 0.25) is 10.0 Å². The third-order valence-corrected chi connectivity index (χ3v) is 6.67. The van der Waals surface area contributed by atoms with E-state index in [0.717, 1.165) is 24.8 Å². The molecule has 1 saturated carbocycles. The number of guanidine groups is 1. The first kappa shape index (κ1) is 20.4. The zero-order chi connectivity index (χ0) is 17.2. The number of halogens is 1. The van der Waals surface area contributed by atoms with Crippen molar-refractivity contribution >= 4 is 40.0 Å². The molecule has 6 nitrogen and oxygen atoms in total. The number of piperidine rings is 1. The molecular formula is C17H27IN4O2S. The largest absolute Gasteiger partial charge is 0.370 e. The molecule has 0 spiro atoms. The van der Waals surface area contributed by atoms with Gasteiger partial charge in [-0.25, -0.2) is 13.4 Å². The van der Waals surface area contributed by atoms with E-state index in [0.29, 0.717) is 36.5 Å². The van der Waals surface area contributed by atoms with Crippen LogP contribution in [-0.4, -0.2) is 49.8 Å². The van der Waals surface area contributed by atoms with Crippen LogP contribution in [0, 0.1) is 0 Å². The zero-order valence-corrected chi connectivity index (χ0v) is 17.7. The van der Waals surface area contributed by atoms with E-state index in [1.807, 2.05) is 24.1 Å². The van der Waals surface area contributed by atoms with Gasteiger partial charge in [0.1, 0.15) is 0 Å². The van der Waals surface area contributed by atoms with Crippen LogP contribution in [0.25, 0.3) is 0 Å². The maximum atomic E-state index is 12.6. The molecule has 8 heteroatoms. The molecule has 2 N–H and O–H groups in total. The maximum Gasteiger partial charge on any atom is 0.243 e. The lowest BCUT2D eigenvalue weighted by Crippen LogP contribution is -2.35. The lowest BCUT2D eigenvalue weighted by atomic mass is 10.2. The summed E-state index contributed by atoms with van der Waals surface area (Å²) in [5.41, 5.74) is 6.93. The summed E-state index contributed by atoms with van der Waals surface area (Å²) >= 11 is 0. The maximum absolute atomic E-state index is 12.6. The van der Waals surface area contributed by atoms with Crippen LogP contribution in [0.3, 0.4) is 0 Å². The van der Waals surface area contributed by atoms with E-state index < -0.39 is 10.0 Å². The fourth-order valence-electron chi connectivity index (χ4n) is 2.95. The highest BCUT2D eigenvalue weighted by Gasteiger charge is 2.27. The minimum Gasteiger partial charge on any atom is -0.370 e. The molecule has 1 heterocycles. The van der Waals surface area contributed by atoms with Crippen LogP contribution in [0.5, 0.6) is 0 Å². The van der Waals surface area contributed by atoms with Crippen molar-refractivity contribution in [3.8, 4) is 0 Å². The fourth-order valence-corrected chi connectivity index (χ4v) is 4.47. The summed E-state index contributed by atoms with van der Waals surface area (Å²) in [4.78, 5) is 6.77. The van der Waals surface area contributed by atoms with E-state index in [4.69, 9.17) is 5.73 Å². The summed E-state index contributed by atoms with van der Waals surface area (Å²) in [6, 6.07) is 7.53. The second kappa shape index (κ2) is 8.68. The Morgan fingerprint density at radius 1 is 1.20 bits per heavy atom. The minimum absolute atomic E-state index is 0. The van der Waals surface area contributed by atoms with Gasteiger partial charge in [0, 0.05) is 26.2 Å². The average Bonchev–Trinajstić information content (AvgIpc) is 3.45. The predicted molar refractivity (Wildman–Crippen MR) is 111 cm³/mol. The van der Waals surface area contributed by atoms with Crippen LogP contribution in [-0.2, 0) is 16.6 Å². The van der Waals surface area contributed by atoms with Gasteiger partial charge in [-0.1, -0.05) is 18.6 Å². The van der Waals surface area contributed by atoms with Gasteiger partial charge in [-0.15, -0.1) is 24.0 Å². The Labute approximate surface area is 167 Å². The van der Waals surface area contributed by atoms with Gasteiger partial charge in [0.15, 0.2) is 5.96 Å². The second-order valence-electron chi connectivity index (χ2n) is 6.63. The van der Waals surface area contributed by atoms with Crippen molar-refractivity contribution in [2.24, 2.45) is 10.7 Å². The molecule has 1 aromatic rings. The van der Waals surface area contributed by atoms with Gasteiger partial charge >= 0.3 is 0 Å². The van der Waals surface area contributed by atoms with Crippen molar-refractivity contribution < 1.29 is 8.42 Å². The summed E-state index contributed by atoms with van der Waals surface area (Å²) < 4.78 is 26.8. The topological polar surface area (TPSA) is 79.0 Å². The smallest absolute Gasteiger partial charge is 0.243 e. The van der Waals surface area contributed by atoms with Crippen molar-refractivity contribution in [1.29, 1.82) is 0 Å². The highest BCUT2D eigenvalue weighted by molar-refractivity contribution is 14.0. The molecule has 140 valence electrons. The molecule has 1 aromatic carbocycles. The molecule has 25 heavy (non-hydrogen) atoms. The number of hydrogen-bond acceptors (Lipinski definition) is 3. The highest BCUT2D eigenvalue weighted by atomic mass is 127. The monoisotopic (exact) mass is 478 g/mol. The molecule has 2 fully saturated rings. The molecule has 3 rings (SSSR count). The van der Waals surface area contributed by atoms with Gasteiger partial charge < -0.3 is 10.6 Å². The summed E-state index contributed by atoms with van der Waals surface area (Å²) in [6.07, 6.45) is 5.35. The number of aliphatic imine (C=N–C) groups is 1. The van der Waals surface area contributed by atoms with Crippen LogP contribution in [0.1, 0.15) is 37.7 Å². The molecule has 0 radical (unpaired) electrons. The number of nitrogens with two attached hydrogens (primary N) is 1. The third kappa shape index (κ3) is 5.07. The van der Waals surface area contributed by atoms with Crippen LogP contribution in [0.4, 0.5) is 0 Å². The second-order valence-corrected chi connectivity index (χ2v) is 8.56. The lowest BCUT2D eigenvalue weighted by molar-refractivity contribution is 0.346. The SMILES string of the molecule is CN(C(N)=NCc1ccc(S(=O)(=O)N2CCCCC2)cc1)C1CC1.I. The number of hydrogen-bond donors (Lipinski definition) is 1. The number of sulfonamides is 1. The molecule has 0 unspecified atom stereocenters. The van der Waals surface area contributed by atoms with Gasteiger partial charge in [-0.2, -0.15) is 4.31 Å². The summed E-state index contributed by atoms with van der Waals surface area (Å²) in [5, 5.41) is 0. The van der Waals surface area contributed by atoms with Crippen molar-refractivity contribution in [3.05, 3.63) is 29.8 Å². The van der Waals surface area contributed by atoms with E-state index in [-0.39, 0.29) is 24.0 Å². The fraction of sp³-hybridized carbons (Fsp3) is 0.588. The Bertz CT molecular complexity index is 696. The molecule has 2 aliphatic rings. The molecule has 1 saturated heterocycles. The Morgan fingerprint density at radius 3 is 2.36 bits per heavy atom. The Morgan fingerprint density at radius 2 is 1.80 bits per heavy atom. The number of nitrogens with zero attached hydrogens (tertiary/aromatic N) is 3. The minimum atomic E-state index is -3.36. The predicted octanol–water partition coefficient (Wildman–Crippen LogP) is 2.39. The Balaban J connectivity index is 0.00000225. The number of rotatable bonds is 5. The standard InChI is InChI=1S/C17H26N4O2S.HI/c1-20(15-7-8-15)17(18)19-13-14-5-9-16(10-6-14)24(22,23)21-11-3-2-4-12-21;/h5-6,9-10,15H,2-4,7-8,11-13H2,1H3,(H2,18,19);1H. The summed E-state index contributed by atoms with van der Waals surface area (Å²) in [7, 11) is -1.40.